The van der Waals surface area contributed by atoms with Gasteiger partial charge < -0.3 is 5.32 Å². The third kappa shape index (κ3) is 4.60. The molecule has 1 atom stereocenters. The van der Waals surface area contributed by atoms with Crippen LogP contribution in [0.15, 0.2) is 48.5 Å². The maximum atomic E-state index is 12.4. The lowest BCUT2D eigenvalue weighted by Gasteiger charge is -2.25. The quantitative estimate of drug-likeness (QED) is 0.863. The standard InChI is InChI=1S/C19H22N2O3S/c1-25(23,24)21-17-10-5-8-15(12-17)19(22)20-13-16-9-4-7-14-6-2-3-11-18(14)16/h2-3,5-6,8,10-12,16,21H,4,7,9,13H2,1H3,(H,20,22). The van der Waals surface area contributed by atoms with Crippen molar-refractivity contribution in [3.8, 4) is 0 Å². The first kappa shape index (κ1) is 17.5. The van der Waals surface area contributed by atoms with Gasteiger partial charge in [-0.25, -0.2) is 8.42 Å². The topological polar surface area (TPSA) is 75.3 Å². The number of nitrogens with one attached hydrogen (secondary N) is 2. The average molecular weight is 358 g/mol. The number of amides is 1. The lowest BCUT2D eigenvalue weighted by Crippen LogP contribution is -2.30. The highest BCUT2D eigenvalue weighted by atomic mass is 32.2. The zero-order chi connectivity index (χ0) is 17.9. The summed E-state index contributed by atoms with van der Waals surface area (Å²) in [5, 5.41) is 2.98. The van der Waals surface area contributed by atoms with E-state index in [0.29, 0.717) is 23.7 Å². The summed E-state index contributed by atoms with van der Waals surface area (Å²) in [6.07, 6.45) is 4.37. The molecule has 1 aliphatic carbocycles. The summed E-state index contributed by atoms with van der Waals surface area (Å²) in [5.74, 6) is 0.131. The Balaban J connectivity index is 1.67. The fourth-order valence-electron chi connectivity index (χ4n) is 3.32. The highest BCUT2D eigenvalue weighted by Crippen LogP contribution is 2.30. The molecule has 2 N–H and O–H groups in total. The summed E-state index contributed by atoms with van der Waals surface area (Å²) in [6, 6.07) is 14.9. The van der Waals surface area contributed by atoms with Crippen LogP contribution in [-0.4, -0.2) is 27.1 Å². The Morgan fingerprint density at radius 3 is 2.76 bits per heavy atom. The minimum atomic E-state index is -3.36. The van der Waals surface area contributed by atoms with Gasteiger partial charge in [-0.05, 0) is 48.6 Å². The summed E-state index contributed by atoms with van der Waals surface area (Å²) in [6.45, 7) is 0.583. The van der Waals surface area contributed by atoms with Gasteiger partial charge in [0.15, 0.2) is 0 Å². The molecule has 0 aliphatic heterocycles. The summed E-state index contributed by atoms with van der Waals surface area (Å²) < 4.78 is 25.0. The zero-order valence-electron chi connectivity index (χ0n) is 14.2. The van der Waals surface area contributed by atoms with E-state index >= 15 is 0 Å². The Hall–Kier alpha value is -2.34. The van der Waals surface area contributed by atoms with E-state index in [1.165, 1.54) is 11.1 Å². The molecule has 3 rings (SSSR count). The molecule has 0 saturated carbocycles. The van der Waals surface area contributed by atoms with Crippen LogP contribution < -0.4 is 10.0 Å². The minimum absolute atomic E-state index is 0.194. The lowest BCUT2D eigenvalue weighted by atomic mass is 9.83. The van der Waals surface area contributed by atoms with Crippen LogP contribution in [0.25, 0.3) is 0 Å². The Labute approximate surface area is 148 Å². The normalized spacial score (nSPS) is 16.8. The van der Waals surface area contributed by atoms with Crippen LogP contribution in [0.5, 0.6) is 0 Å². The summed E-state index contributed by atoms with van der Waals surface area (Å²) in [7, 11) is -3.36. The maximum Gasteiger partial charge on any atom is 0.251 e. The second-order valence-corrected chi connectivity index (χ2v) is 8.20. The van der Waals surface area contributed by atoms with Gasteiger partial charge in [-0.2, -0.15) is 0 Å². The molecule has 6 heteroatoms. The number of carbonyl (C=O) groups is 1. The van der Waals surface area contributed by atoms with E-state index < -0.39 is 10.0 Å². The Kier molecular flexibility index (Phi) is 5.08. The van der Waals surface area contributed by atoms with Gasteiger partial charge >= 0.3 is 0 Å². The van der Waals surface area contributed by atoms with E-state index in [-0.39, 0.29) is 5.91 Å². The van der Waals surface area contributed by atoms with Crippen LogP contribution in [0.3, 0.4) is 0 Å². The van der Waals surface area contributed by atoms with E-state index in [0.717, 1.165) is 25.5 Å². The van der Waals surface area contributed by atoms with Gasteiger partial charge in [0.1, 0.15) is 0 Å². The number of hydrogen-bond donors (Lipinski definition) is 2. The largest absolute Gasteiger partial charge is 0.351 e. The molecule has 0 bridgehead atoms. The third-order valence-corrected chi connectivity index (χ3v) is 5.04. The molecule has 2 aromatic rings. The molecule has 1 unspecified atom stereocenters. The van der Waals surface area contributed by atoms with E-state index in [9.17, 15) is 13.2 Å². The van der Waals surface area contributed by atoms with Crippen LogP contribution in [0, 0.1) is 0 Å². The number of carbonyl (C=O) groups excluding carboxylic acids is 1. The molecule has 132 valence electrons. The molecule has 0 spiro atoms. The van der Waals surface area contributed by atoms with Gasteiger partial charge in [0.05, 0.1) is 6.26 Å². The summed E-state index contributed by atoms with van der Waals surface area (Å²) in [5.41, 5.74) is 3.52. The molecule has 0 radical (unpaired) electrons. The number of hydrogen-bond acceptors (Lipinski definition) is 3. The Morgan fingerprint density at radius 2 is 1.96 bits per heavy atom. The van der Waals surface area contributed by atoms with E-state index in [2.05, 4.69) is 28.2 Å². The number of aryl methyl sites for hydroxylation is 1. The van der Waals surface area contributed by atoms with Crippen LogP contribution >= 0.6 is 0 Å². The number of rotatable bonds is 5. The second-order valence-electron chi connectivity index (χ2n) is 6.45. The van der Waals surface area contributed by atoms with E-state index in [1.54, 1.807) is 24.3 Å². The molecule has 0 heterocycles. The molecule has 0 saturated heterocycles. The van der Waals surface area contributed by atoms with Crippen LogP contribution in [0.4, 0.5) is 5.69 Å². The van der Waals surface area contributed by atoms with E-state index in [4.69, 9.17) is 0 Å². The molecule has 1 amide bonds. The first-order chi connectivity index (χ1) is 11.9. The first-order valence-corrected chi connectivity index (χ1v) is 10.3. The summed E-state index contributed by atoms with van der Waals surface area (Å²) >= 11 is 0. The molecule has 1 aliphatic rings. The zero-order valence-corrected chi connectivity index (χ0v) is 15.0. The smallest absolute Gasteiger partial charge is 0.251 e. The van der Waals surface area contributed by atoms with Crippen LogP contribution in [-0.2, 0) is 16.4 Å². The highest BCUT2D eigenvalue weighted by molar-refractivity contribution is 7.92. The highest BCUT2D eigenvalue weighted by Gasteiger charge is 2.20. The van der Waals surface area contributed by atoms with Crippen molar-refractivity contribution in [2.75, 3.05) is 17.5 Å². The Morgan fingerprint density at radius 1 is 1.16 bits per heavy atom. The number of fused-ring (bicyclic) bond motifs is 1. The van der Waals surface area contributed by atoms with Gasteiger partial charge in [0.25, 0.3) is 5.91 Å². The number of anilines is 1. The number of benzene rings is 2. The van der Waals surface area contributed by atoms with Crippen molar-refractivity contribution in [3.63, 3.8) is 0 Å². The van der Waals surface area contributed by atoms with Crippen molar-refractivity contribution in [2.24, 2.45) is 0 Å². The second kappa shape index (κ2) is 7.27. The predicted octanol–water partition coefficient (Wildman–Crippen LogP) is 2.91. The predicted molar refractivity (Wildman–Crippen MR) is 99.4 cm³/mol. The SMILES string of the molecule is CS(=O)(=O)Nc1cccc(C(=O)NCC2CCCc3ccccc32)c1. The van der Waals surface area contributed by atoms with Crippen LogP contribution in [0.1, 0.15) is 40.2 Å². The molecule has 5 nitrogen and oxygen atoms in total. The van der Waals surface area contributed by atoms with Gasteiger partial charge in [0.2, 0.25) is 10.0 Å². The summed E-state index contributed by atoms with van der Waals surface area (Å²) in [4.78, 5) is 12.4. The average Bonchev–Trinajstić information content (AvgIpc) is 2.58. The molecule has 0 aromatic heterocycles. The fourth-order valence-corrected chi connectivity index (χ4v) is 3.88. The van der Waals surface area contributed by atoms with Gasteiger partial charge in [-0.15, -0.1) is 0 Å². The van der Waals surface area contributed by atoms with Crippen molar-refractivity contribution < 1.29 is 13.2 Å². The fraction of sp³-hybridized carbons (Fsp3) is 0.316. The van der Waals surface area contributed by atoms with Crippen molar-refractivity contribution in [2.45, 2.75) is 25.2 Å². The monoisotopic (exact) mass is 358 g/mol. The van der Waals surface area contributed by atoms with Crippen LogP contribution in [0.2, 0.25) is 0 Å². The van der Waals surface area contributed by atoms with Gasteiger partial charge in [-0.1, -0.05) is 30.3 Å². The maximum absolute atomic E-state index is 12.4. The van der Waals surface area contributed by atoms with E-state index in [1.807, 2.05) is 6.07 Å². The molecule has 2 aromatic carbocycles. The van der Waals surface area contributed by atoms with Crippen molar-refractivity contribution in [1.82, 2.24) is 5.32 Å². The minimum Gasteiger partial charge on any atom is -0.351 e. The van der Waals surface area contributed by atoms with Crippen molar-refractivity contribution >= 4 is 21.6 Å². The van der Waals surface area contributed by atoms with Gasteiger partial charge in [0, 0.05) is 23.7 Å². The lowest BCUT2D eigenvalue weighted by molar-refractivity contribution is 0.0950. The van der Waals surface area contributed by atoms with Crippen molar-refractivity contribution in [1.29, 1.82) is 0 Å². The van der Waals surface area contributed by atoms with Crippen molar-refractivity contribution in [3.05, 3.63) is 65.2 Å². The van der Waals surface area contributed by atoms with Gasteiger partial charge in [-0.3, -0.25) is 9.52 Å². The molecule has 25 heavy (non-hydrogen) atoms. The number of sulfonamides is 1. The molecular formula is C19H22N2O3S. The molecule has 0 fully saturated rings. The Bertz CT molecular complexity index is 878. The molecular weight excluding hydrogens is 336 g/mol. The first-order valence-electron chi connectivity index (χ1n) is 8.36. The third-order valence-electron chi connectivity index (χ3n) is 4.43.